The number of nitro benzene ring substituents is 1. The van der Waals surface area contributed by atoms with Gasteiger partial charge in [-0.25, -0.2) is 0 Å². The fourth-order valence-electron chi connectivity index (χ4n) is 1.80. The summed E-state index contributed by atoms with van der Waals surface area (Å²) in [4.78, 5) is 22.5. The summed E-state index contributed by atoms with van der Waals surface area (Å²) in [6.45, 7) is 11.2. The Morgan fingerprint density at radius 2 is 1.76 bits per heavy atom. The minimum Gasteiger partial charge on any atom is -0.460 e. The molecule has 0 spiro atoms. The van der Waals surface area contributed by atoms with E-state index >= 15 is 0 Å². The molecular weight excluding hydrogens is 270 g/mol. The van der Waals surface area contributed by atoms with Gasteiger partial charge in [-0.05, 0) is 43.9 Å². The lowest BCUT2D eigenvalue weighted by atomic mass is 9.85. The molecule has 0 aliphatic carbocycles. The van der Waals surface area contributed by atoms with Crippen molar-refractivity contribution >= 4 is 11.7 Å². The fourth-order valence-corrected chi connectivity index (χ4v) is 1.80. The summed E-state index contributed by atoms with van der Waals surface area (Å²) in [5.74, 6) is -0.293. The molecule has 0 heterocycles. The molecule has 1 aromatic carbocycles. The van der Waals surface area contributed by atoms with E-state index in [1.54, 1.807) is 32.9 Å². The molecule has 0 amide bonds. The molecule has 0 N–H and O–H groups in total. The molecule has 0 atom stereocenters. The Balaban J connectivity index is 3.02. The van der Waals surface area contributed by atoms with Crippen LogP contribution in [0.1, 0.15) is 52.7 Å². The standard InChI is InChI=1S/C16H23NO4/c1-15(2,3)12-9-11(7-8-13(12)17(19)20)10-21-14(18)16(4,5)6/h7-9H,10H2,1-6H3. The Kier molecular flexibility index (Phi) is 4.76. The van der Waals surface area contributed by atoms with Gasteiger partial charge in [0.25, 0.3) is 5.69 Å². The van der Waals surface area contributed by atoms with Crippen molar-refractivity contribution < 1.29 is 14.5 Å². The molecule has 21 heavy (non-hydrogen) atoms. The van der Waals surface area contributed by atoms with Crippen LogP contribution in [0.15, 0.2) is 18.2 Å². The van der Waals surface area contributed by atoms with Gasteiger partial charge in [-0.2, -0.15) is 0 Å². The third-order valence-electron chi connectivity index (χ3n) is 3.05. The number of nitro groups is 1. The van der Waals surface area contributed by atoms with E-state index in [2.05, 4.69) is 0 Å². The molecule has 0 bridgehead atoms. The van der Waals surface area contributed by atoms with Crippen LogP contribution in [-0.4, -0.2) is 10.9 Å². The van der Waals surface area contributed by atoms with Crippen LogP contribution in [0.5, 0.6) is 0 Å². The Morgan fingerprint density at radius 3 is 2.19 bits per heavy atom. The third-order valence-corrected chi connectivity index (χ3v) is 3.05. The number of rotatable bonds is 3. The maximum atomic E-state index is 11.8. The lowest BCUT2D eigenvalue weighted by molar-refractivity contribution is -0.386. The van der Waals surface area contributed by atoms with Gasteiger partial charge in [0.1, 0.15) is 6.61 Å². The summed E-state index contributed by atoms with van der Waals surface area (Å²) >= 11 is 0. The van der Waals surface area contributed by atoms with Crippen molar-refractivity contribution in [2.45, 2.75) is 53.6 Å². The van der Waals surface area contributed by atoms with E-state index in [1.807, 2.05) is 20.8 Å². The van der Waals surface area contributed by atoms with Gasteiger partial charge in [0, 0.05) is 11.6 Å². The van der Waals surface area contributed by atoms with Gasteiger partial charge < -0.3 is 4.74 Å². The molecule has 1 aromatic rings. The van der Waals surface area contributed by atoms with Gasteiger partial charge in [0.15, 0.2) is 0 Å². The van der Waals surface area contributed by atoms with Crippen molar-refractivity contribution in [2.75, 3.05) is 0 Å². The summed E-state index contributed by atoms with van der Waals surface area (Å²) in [5.41, 5.74) is 0.563. The number of carbonyl (C=O) groups excluding carboxylic acids is 1. The van der Waals surface area contributed by atoms with Crippen molar-refractivity contribution in [1.82, 2.24) is 0 Å². The smallest absolute Gasteiger partial charge is 0.311 e. The maximum absolute atomic E-state index is 11.8. The average molecular weight is 293 g/mol. The van der Waals surface area contributed by atoms with Crippen molar-refractivity contribution in [3.05, 3.63) is 39.4 Å². The number of ether oxygens (including phenoxy) is 1. The van der Waals surface area contributed by atoms with Crippen molar-refractivity contribution in [1.29, 1.82) is 0 Å². The molecule has 0 aliphatic heterocycles. The number of hydrogen-bond donors (Lipinski definition) is 0. The molecule has 0 aliphatic rings. The Labute approximate surface area is 125 Å². The normalized spacial score (nSPS) is 12.1. The van der Waals surface area contributed by atoms with Crippen molar-refractivity contribution in [2.24, 2.45) is 5.41 Å². The summed E-state index contributed by atoms with van der Waals surface area (Å²) < 4.78 is 5.25. The van der Waals surface area contributed by atoms with Crippen LogP contribution in [0.25, 0.3) is 0 Å². The lowest BCUT2D eigenvalue weighted by Crippen LogP contribution is -2.23. The minimum absolute atomic E-state index is 0.0911. The largest absolute Gasteiger partial charge is 0.460 e. The van der Waals surface area contributed by atoms with Crippen LogP contribution < -0.4 is 0 Å². The Bertz CT molecular complexity index is 550. The second-order valence-electron chi connectivity index (χ2n) is 7.18. The van der Waals surface area contributed by atoms with Crippen molar-refractivity contribution in [3.63, 3.8) is 0 Å². The molecule has 116 valence electrons. The van der Waals surface area contributed by atoms with Gasteiger partial charge >= 0.3 is 5.97 Å². The Hall–Kier alpha value is -1.91. The van der Waals surface area contributed by atoms with Crippen LogP contribution in [0.2, 0.25) is 0 Å². The first kappa shape index (κ1) is 17.1. The molecule has 5 heteroatoms. The minimum atomic E-state index is -0.562. The SMILES string of the molecule is CC(C)(C)C(=O)OCc1ccc([N+](=O)[O-])c(C(C)(C)C)c1. The number of esters is 1. The number of carbonyl (C=O) groups is 1. The molecule has 0 aromatic heterocycles. The third kappa shape index (κ3) is 4.55. The van der Waals surface area contributed by atoms with E-state index in [9.17, 15) is 14.9 Å². The number of hydrogen-bond acceptors (Lipinski definition) is 4. The summed E-state index contributed by atoms with van der Waals surface area (Å²) in [6, 6.07) is 4.85. The van der Waals surface area contributed by atoms with Gasteiger partial charge in [-0.1, -0.05) is 20.8 Å². The molecule has 0 saturated heterocycles. The zero-order chi connectivity index (χ0) is 16.4. The second kappa shape index (κ2) is 5.84. The predicted molar refractivity (Wildman–Crippen MR) is 81.0 cm³/mol. The summed E-state index contributed by atoms with van der Waals surface area (Å²) in [7, 11) is 0. The number of nitrogens with zero attached hydrogens (tertiary/aromatic N) is 1. The second-order valence-corrected chi connectivity index (χ2v) is 7.18. The van der Waals surface area contributed by atoms with Crippen LogP contribution >= 0.6 is 0 Å². The highest BCUT2D eigenvalue weighted by Crippen LogP contribution is 2.32. The number of benzene rings is 1. The molecule has 5 nitrogen and oxygen atoms in total. The summed E-state index contributed by atoms with van der Waals surface area (Å²) in [6.07, 6.45) is 0. The van der Waals surface area contributed by atoms with Crippen molar-refractivity contribution in [3.8, 4) is 0 Å². The van der Waals surface area contributed by atoms with E-state index in [1.165, 1.54) is 6.07 Å². The molecule has 0 fully saturated rings. The molecule has 1 rings (SSSR count). The highest BCUT2D eigenvalue weighted by molar-refractivity contribution is 5.75. The Morgan fingerprint density at radius 1 is 1.19 bits per heavy atom. The van der Waals surface area contributed by atoms with E-state index in [0.29, 0.717) is 5.56 Å². The first-order valence-corrected chi connectivity index (χ1v) is 6.88. The predicted octanol–water partition coefficient (Wildman–Crippen LogP) is 3.98. The van der Waals surface area contributed by atoms with E-state index in [-0.39, 0.29) is 28.6 Å². The molecular formula is C16H23NO4. The zero-order valence-corrected chi connectivity index (χ0v) is 13.5. The molecule has 0 radical (unpaired) electrons. The van der Waals surface area contributed by atoms with Gasteiger partial charge in [-0.3, -0.25) is 14.9 Å². The maximum Gasteiger partial charge on any atom is 0.311 e. The zero-order valence-electron chi connectivity index (χ0n) is 13.5. The van der Waals surface area contributed by atoms with E-state index < -0.39 is 5.41 Å². The summed E-state index contributed by atoms with van der Waals surface area (Å²) in [5, 5.41) is 11.1. The highest BCUT2D eigenvalue weighted by atomic mass is 16.6. The van der Waals surface area contributed by atoms with E-state index in [4.69, 9.17) is 4.74 Å². The quantitative estimate of drug-likeness (QED) is 0.480. The first-order chi connectivity index (χ1) is 9.43. The van der Waals surface area contributed by atoms with Gasteiger partial charge in [0.05, 0.1) is 10.3 Å². The van der Waals surface area contributed by atoms with Crippen LogP contribution in [0.3, 0.4) is 0 Å². The first-order valence-electron chi connectivity index (χ1n) is 6.88. The fraction of sp³-hybridized carbons (Fsp3) is 0.562. The van der Waals surface area contributed by atoms with Crippen LogP contribution in [0, 0.1) is 15.5 Å². The van der Waals surface area contributed by atoms with Crippen LogP contribution in [0.4, 0.5) is 5.69 Å². The van der Waals surface area contributed by atoms with Crippen LogP contribution in [-0.2, 0) is 21.6 Å². The highest BCUT2D eigenvalue weighted by Gasteiger charge is 2.26. The monoisotopic (exact) mass is 293 g/mol. The lowest BCUT2D eigenvalue weighted by Gasteiger charge is -2.20. The van der Waals surface area contributed by atoms with E-state index in [0.717, 1.165) is 5.56 Å². The molecule has 0 saturated carbocycles. The topological polar surface area (TPSA) is 69.4 Å². The van der Waals surface area contributed by atoms with Gasteiger partial charge in [-0.15, -0.1) is 0 Å². The average Bonchev–Trinajstić information content (AvgIpc) is 2.33. The van der Waals surface area contributed by atoms with Gasteiger partial charge in [0.2, 0.25) is 0 Å². The molecule has 0 unspecified atom stereocenters.